The van der Waals surface area contributed by atoms with E-state index in [2.05, 4.69) is 10.2 Å². The number of carbonyl (C=O) groups is 1. The molecular weight excluding hydrogens is 463 g/mol. The Morgan fingerprint density at radius 1 is 1.06 bits per heavy atom. The van der Waals surface area contributed by atoms with E-state index in [9.17, 15) is 9.18 Å². The fourth-order valence-corrected chi connectivity index (χ4v) is 4.61. The van der Waals surface area contributed by atoms with E-state index >= 15 is 0 Å². The highest BCUT2D eigenvalue weighted by atomic mass is 32.2. The maximum atomic E-state index is 14.8. The van der Waals surface area contributed by atoms with Crippen LogP contribution in [0.3, 0.4) is 0 Å². The van der Waals surface area contributed by atoms with Gasteiger partial charge in [-0.25, -0.2) is 4.39 Å². The van der Waals surface area contributed by atoms with Crippen LogP contribution in [0.5, 0.6) is 5.75 Å². The zero-order valence-electron chi connectivity index (χ0n) is 19.9. The number of ether oxygens (including phenoxy) is 1. The molecule has 0 aliphatic carbocycles. The number of para-hydroxylation sites is 1. The highest BCUT2D eigenvalue weighted by molar-refractivity contribution is 7.98. The summed E-state index contributed by atoms with van der Waals surface area (Å²) < 4.78 is 21.9. The number of benzene rings is 3. The first-order chi connectivity index (χ1) is 17.0. The number of amides is 1. The van der Waals surface area contributed by atoms with Crippen molar-refractivity contribution in [3.8, 4) is 22.8 Å². The first-order valence-electron chi connectivity index (χ1n) is 11.3. The quantitative estimate of drug-likeness (QED) is 0.275. The molecule has 0 unspecified atom stereocenters. The summed E-state index contributed by atoms with van der Waals surface area (Å²) in [6.45, 7) is 2.77. The topological polar surface area (TPSA) is 60.3 Å². The van der Waals surface area contributed by atoms with Gasteiger partial charge in [0, 0.05) is 30.5 Å². The lowest BCUT2D eigenvalue weighted by atomic mass is 10.1. The lowest BCUT2D eigenvalue weighted by molar-refractivity contribution is 0.0795. The van der Waals surface area contributed by atoms with E-state index in [-0.39, 0.29) is 11.7 Å². The summed E-state index contributed by atoms with van der Waals surface area (Å²) in [5, 5.41) is 9.33. The number of aromatic nitrogens is 3. The van der Waals surface area contributed by atoms with Crippen molar-refractivity contribution in [2.45, 2.75) is 24.3 Å². The lowest BCUT2D eigenvalue weighted by Crippen LogP contribution is -2.27. The summed E-state index contributed by atoms with van der Waals surface area (Å²) in [5.74, 6) is 1.44. The molecule has 0 fully saturated rings. The van der Waals surface area contributed by atoms with Crippen LogP contribution in [0, 0.1) is 5.82 Å². The summed E-state index contributed by atoms with van der Waals surface area (Å²) >= 11 is 1.45. The molecule has 8 heteroatoms. The van der Waals surface area contributed by atoms with Crippen LogP contribution in [-0.2, 0) is 5.75 Å². The van der Waals surface area contributed by atoms with E-state index < -0.39 is 0 Å². The fraction of sp³-hybridized carbons (Fsp3) is 0.222. The van der Waals surface area contributed by atoms with Gasteiger partial charge < -0.3 is 9.64 Å². The minimum Gasteiger partial charge on any atom is -0.497 e. The summed E-state index contributed by atoms with van der Waals surface area (Å²) in [6, 6.07) is 21.6. The molecule has 1 amide bonds. The molecule has 0 aliphatic heterocycles. The third-order valence-electron chi connectivity index (χ3n) is 5.53. The molecule has 180 valence electrons. The molecule has 0 atom stereocenters. The number of nitrogens with zero attached hydrogens (tertiary/aromatic N) is 4. The third-order valence-corrected chi connectivity index (χ3v) is 6.53. The van der Waals surface area contributed by atoms with E-state index in [1.54, 1.807) is 34.8 Å². The second-order valence-electron chi connectivity index (χ2n) is 8.04. The number of rotatable bonds is 9. The van der Waals surface area contributed by atoms with Crippen LogP contribution < -0.4 is 4.74 Å². The minimum atomic E-state index is -0.364. The summed E-state index contributed by atoms with van der Waals surface area (Å²) in [4.78, 5) is 14.2. The van der Waals surface area contributed by atoms with E-state index in [1.807, 2.05) is 62.5 Å². The standard InChI is InChI=1S/C27H27FN4O2S/c1-4-16-31(2)26(33)20-14-12-19(13-15-20)18-35-27-30-29-25(21-8-7-9-22(17-21)34-3)32(27)24-11-6-5-10-23(24)28/h5-15,17H,4,16,18H2,1-3H3. The van der Waals surface area contributed by atoms with Gasteiger partial charge in [0.2, 0.25) is 0 Å². The van der Waals surface area contributed by atoms with Crippen LogP contribution in [0.25, 0.3) is 17.1 Å². The molecule has 3 aromatic carbocycles. The summed E-state index contributed by atoms with van der Waals surface area (Å²) in [5.41, 5.74) is 2.82. The Bertz CT molecular complexity index is 1310. The molecular formula is C27H27FN4O2S. The number of hydrogen-bond donors (Lipinski definition) is 0. The minimum absolute atomic E-state index is 0.00767. The lowest BCUT2D eigenvalue weighted by Gasteiger charge is -2.16. The molecule has 0 radical (unpaired) electrons. The van der Waals surface area contributed by atoms with Crippen LogP contribution in [-0.4, -0.2) is 46.3 Å². The normalized spacial score (nSPS) is 10.9. The van der Waals surface area contributed by atoms with Gasteiger partial charge in [-0.2, -0.15) is 0 Å². The van der Waals surface area contributed by atoms with Gasteiger partial charge in [0.05, 0.1) is 12.8 Å². The van der Waals surface area contributed by atoms with Crippen LogP contribution in [0.1, 0.15) is 29.3 Å². The average Bonchev–Trinajstić information content (AvgIpc) is 3.31. The fourth-order valence-electron chi connectivity index (χ4n) is 3.71. The first kappa shape index (κ1) is 24.5. The van der Waals surface area contributed by atoms with Crippen molar-refractivity contribution in [3.63, 3.8) is 0 Å². The van der Waals surface area contributed by atoms with Crippen LogP contribution in [0.4, 0.5) is 4.39 Å². The molecule has 6 nitrogen and oxygen atoms in total. The van der Waals surface area contributed by atoms with Gasteiger partial charge in [-0.15, -0.1) is 10.2 Å². The molecule has 0 spiro atoms. The highest BCUT2D eigenvalue weighted by Gasteiger charge is 2.19. The number of hydrogen-bond acceptors (Lipinski definition) is 5. The van der Waals surface area contributed by atoms with E-state index in [0.29, 0.717) is 33.7 Å². The van der Waals surface area contributed by atoms with Crippen LogP contribution in [0.15, 0.2) is 78.0 Å². The third kappa shape index (κ3) is 5.54. The Labute approximate surface area is 208 Å². The zero-order chi connectivity index (χ0) is 24.8. The number of thioether (sulfide) groups is 1. The maximum absolute atomic E-state index is 14.8. The largest absolute Gasteiger partial charge is 0.497 e. The van der Waals surface area contributed by atoms with Gasteiger partial charge in [-0.05, 0) is 48.4 Å². The Morgan fingerprint density at radius 3 is 2.54 bits per heavy atom. The van der Waals surface area contributed by atoms with Crippen molar-refractivity contribution in [1.82, 2.24) is 19.7 Å². The second kappa shape index (κ2) is 11.2. The van der Waals surface area contributed by atoms with Gasteiger partial charge in [0.25, 0.3) is 5.91 Å². The van der Waals surface area contributed by atoms with Gasteiger partial charge in [0.1, 0.15) is 11.6 Å². The monoisotopic (exact) mass is 490 g/mol. The molecule has 0 N–H and O–H groups in total. The Kier molecular flexibility index (Phi) is 7.82. The van der Waals surface area contributed by atoms with E-state index in [0.717, 1.165) is 24.1 Å². The molecule has 35 heavy (non-hydrogen) atoms. The summed E-state index contributed by atoms with van der Waals surface area (Å²) in [6.07, 6.45) is 0.914. The van der Waals surface area contributed by atoms with E-state index in [4.69, 9.17) is 4.74 Å². The number of methoxy groups -OCH3 is 1. The Morgan fingerprint density at radius 2 is 1.83 bits per heavy atom. The Hall–Kier alpha value is -3.65. The van der Waals surface area contributed by atoms with Gasteiger partial charge >= 0.3 is 0 Å². The smallest absolute Gasteiger partial charge is 0.253 e. The van der Waals surface area contributed by atoms with E-state index in [1.165, 1.54) is 17.8 Å². The molecule has 0 saturated carbocycles. The predicted octanol–water partition coefficient (Wildman–Crippen LogP) is 5.86. The molecule has 1 aromatic heterocycles. The van der Waals surface area contributed by atoms with Gasteiger partial charge in [0.15, 0.2) is 11.0 Å². The molecule has 0 bridgehead atoms. The number of carbonyl (C=O) groups excluding carboxylic acids is 1. The van der Waals surface area contributed by atoms with Crippen molar-refractivity contribution in [2.75, 3.05) is 20.7 Å². The second-order valence-corrected chi connectivity index (χ2v) is 8.98. The van der Waals surface area contributed by atoms with Crippen LogP contribution >= 0.6 is 11.8 Å². The SMILES string of the molecule is CCCN(C)C(=O)c1ccc(CSc2nnc(-c3cccc(OC)c3)n2-c2ccccc2F)cc1. The zero-order valence-corrected chi connectivity index (χ0v) is 20.8. The average molecular weight is 491 g/mol. The van der Waals surface area contributed by atoms with Crippen molar-refractivity contribution in [2.24, 2.45) is 0 Å². The van der Waals surface area contributed by atoms with Crippen molar-refractivity contribution >= 4 is 17.7 Å². The molecule has 0 saturated heterocycles. The van der Waals surface area contributed by atoms with Crippen LogP contribution in [0.2, 0.25) is 0 Å². The van der Waals surface area contributed by atoms with Crippen molar-refractivity contribution < 1.29 is 13.9 Å². The maximum Gasteiger partial charge on any atom is 0.253 e. The first-order valence-corrected chi connectivity index (χ1v) is 12.3. The molecule has 1 heterocycles. The van der Waals surface area contributed by atoms with Crippen molar-refractivity contribution in [1.29, 1.82) is 0 Å². The Balaban J connectivity index is 1.61. The van der Waals surface area contributed by atoms with Gasteiger partial charge in [-0.3, -0.25) is 9.36 Å². The number of halogens is 1. The molecule has 4 rings (SSSR count). The molecule has 0 aliphatic rings. The highest BCUT2D eigenvalue weighted by Crippen LogP contribution is 2.32. The molecule has 4 aromatic rings. The van der Waals surface area contributed by atoms with Crippen molar-refractivity contribution in [3.05, 3.63) is 89.7 Å². The van der Waals surface area contributed by atoms with Gasteiger partial charge in [-0.1, -0.05) is 55.1 Å². The predicted molar refractivity (Wildman–Crippen MR) is 137 cm³/mol. The summed E-state index contributed by atoms with van der Waals surface area (Å²) in [7, 11) is 3.41.